The van der Waals surface area contributed by atoms with Crippen molar-refractivity contribution in [2.75, 3.05) is 20.2 Å². The lowest BCUT2D eigenvalue weighted by atomic mass is 10.3. The van der Waals surface area contributed by atoms with Crippen molar-refractivity contribution >= 4 is 0 Å². The zero-order valence-electron chi connectivity index (χ0n) is 8.47. The summed E-state index contributed by atoms with van der Waals surface area (Å²) < 4.78 is 30.8. The fraction of sp³-hybridized carbons (Fsp3) is 0.273. The molecular weight excluding hydrogens is 200 g/mol. The summed E-state index contributed by atoms with van der Waals surface area (Å²) in [5.74, 6) is -1.13. The van der Waals surface area contributed by atoms with Crippen LogP contribution in [0.4, 0.5) is 8.78 Å². The van der Waals surface area contributed by atoms with Crippen LogP contribution in [0.15, 0.2) is 30.4 Å². The van der Waals surface area contributed by atoms with E-state index in [-0.39, 0.29) is 12.4 Å². The Kier molecular flexibility index (Phi) is 4.77. The lowest BCUT2D eigenvalue weighted by molar-refractivity contribution is 0.338. The summed E-state index contributed by atoms with van der Waals surface area (Å²) in [6.07, 6.45) is 3.58. The zero-order valence-corrected chi connectivity index (χ0v) is 8.47. The van der Waals surface area contributed by atoms with Crippen LogP contribution in [0.3, 0.4) is 0 Å². The Morgan fingerprint density at radius 2 is 2.13 bits per heavy atom. The lowest BCUT2D eigenvalue weighted by Crippen LogP contribution is -2.05. The molecule has 2 nitrogen and oxygen atoms in total. The van der Waals surface area contributed by atoms with Gasteiger partial charge in [-0.2, -0.15) is 0 Å². The van der Waals surface area contributed by atoms with E-state index in [2.05, 4.69) is 5.32 Å². The van der Waals surface area contributed by atoms with Gasteiger partial charge in [0.1, 0.15) is 12.4 Å². The first-order chi connectivity index (χ1) is 7.24. The van der Waals surface area contributed by atoms with Crippen molar-refractivity contribution in [2.24, 2.45) is 0 Å². The number of hydrogen-bond acceptors (Lipinski definition) is 2. The minimum Gasteiger partial charge on any atom is -0.486 e. The molecule has 1 aromatic carbocycles. The highest BCUT2D eigenvalue weighted by molar-refractivity contribution is 5.25. The van der Waals surface area contributed by atoms with Crippen molar-refractivity contribution in [3.8, 4) is 5.75 Å². The molecule has 1 N–H and O–H groups in total. The van der Waals surface area contributed by atoms with Gasteiger partial charge in [-0.1, -0.05) is 12.2 Å². The Labute approximate surface area is 87.6 Å². The molecule has 0 saturated heterocycles. The first-order valence-corrected chi connectivity index (χ1v) is 4.61. The summed E-state index contributed by atoms with van der Waals surface area (Å²) in [5, 5.41) is 2.91. The maximum Gasteiger partial charge on any atom is 0.165 e. The van der Waals surface area contributed by atoms with Gasteiger partial charge in [0.15, 0.2) is 11.6 Å². The summed E-state index contributed by atoms with van der Waals surface area (Å²) in [5.41, 5.74) is 0. The van der Waals surface area contributed by atoms with Crippen LogP contribution in [0.2, 0.25) is 0 Å². The molecule has 4 heteroatoms. The second-order valence-electron chi connectivity index (χ2n) is 2.91. The molecule has 0 bridgehead atoms. The highest BCUT2D eigenvalue weighted by Crippen LogP contribution is 2.17. The number of nitrogens with one attached hydrogen (secondary N) is 1. The van der Waals surface area contributed by atoms with E-state index in [4.69, 9.17) is 4.74 Å². The fourth-order valence-corrected chi connectivity index (χ4v) is 0.995. The average molecular weight is 213 g/mol. The smallest absolute Gasteiger partial charge is 0.165 e. The van der Waals surface area contributed by atoms with Crippen molar-refractivity contribution in [3.63, 3.8) is 0 Å². The predicted molar refractivity (Wildman–Crippen MR) is 54.9 cm³/mol. The molecule has 0 amide bonds. The number of rotatable bonds is 5. The van der Waals surface area contributed by atoms with Gasteiger partial charge >= 0.3 is 0 Å². The fourth-order valence-electron chi connectivity index (χ4n) is 0.995. The van der Waals surface area contributed by atoms with Crippen LogP contribution >= 0.6 is 0 Å². The third-order valence-electron chi connectivity index (χ3n) is 1.72. The monoisotopic (exact) mass is 213 g/mol. The highest BCUT2D eigenvalue weighted by atomic mass is 19.1. The average Bonchev–Trinajstić information content (AvgIpc) is 2.23. The number of halogens is 2. The number of likely N-dealkylation sites (N-methyl/N-ethyl adjacent to an activating group) is 1. The molecule has 1 rings (SSSR count). The van der Waals surface area contributed by atoms with E-state index >= 15 is 0 Å². The Morgan fingerprint density at radius 1 is 1.33 bits per heavy atom. The normalized spacial score (nSPS) is 10.9. The maximum absolute atomic E-state index is 13.0. The van der Waals surface area contributed by atoms with Crippen molar-refractivity contribution < 1.29 is 13.5 Å². The summed E-state index contributed by atoms with van der Waals surface area (Å²) in [6, 6.07) is 3.13. The first-order valence-electron chi connectivity index (χ1n) is 4.61. The maximum atomic E-state index is 13.0. The van der Waals surface area contributed by atoms with E-state index in [1.807, 2.05) is 13.1 Å². The minimum absolute atomic E-state index is 0.0656. The second-order valence-corrected chi connectivity index (χ2v) is 2.91. The molecule has 0 aliphatic carbocycles. The standard InChI is InChI=1S/C11H13F2NO/c1-14-6-2-3-7-15-11-8-9(12)4-5-10(11)13/h2-5,8,14H,6-7H2,1H3. The van der Waals surface area contributed by atoms with Crippen molar-refractivity contribution in [2.45, 2.75) is 0 Å². The third-order valence-corrected chi connectivity index (χ3v) is 1.72. The van der Waals surface area contributed by atoms with Crippen molar-refractivity contribution in [1.29, 1.82) is 0 Å². The Morgan fingerprint density at radius 3 is 2.87 bits per heavy atom. The topological polar surface area (TPSA) is 21.3 Å². The molecule has 0 aliphatic rings. The lowest BCUT2D eigenvalue weighted by Gasteiger charge is -2.04. The summed E-state index contributed by atoms with van der Waals surface area (Å²) in [7, 11) is 1.82. The SMILES string of the molecule is CNCC=CCOc1cc(F)ccc1F. The van der Waals surface area contributed by atoms with Crippen LogP contribution < -0.4 is 10.1 Å². The molecule has 0 saturated carbocycles. The first kappa shape index (κ1) is 11.7. The summed E-state index contributed by atoms with van der Waals surface area (Å²) in [6.45, 7) is 0.942. The molecule has 1 aromatic rings. The van der Waals surface area contributed by atoms with Gasteiger partial charge in [-0.3, -0.25) is 0 Å². The van der Waals surface area contributed by atoms with Gasteiger partial charge in [0, 0.05) is 12.6 Å². The van der Waals surface area contributed by atoms with Gasteiger partial charge < -0.3 is 10.1 Å². The minimum atomic E-state index is -0.557. The van der Waals surface area contributed by atoms with Crippen molar-refractivity contribution in [1.82, 2.24) is 5.32 Å². The Balaban J connectivity index is 2.46. The predicted octanol–water partition coefficient (Wildman–Crippen LogP) is 2.12. The largest absolute Gasteiger partial charge is 0.486 e. The summed E-state index contributed by atoms with van der Waals surface area (Å²) >= 11 is 0. The summed E-state index contributed by atoms with van der Waals surface area (Å²) in [4.78, 5) is 0. The molecule has 0 aromatic heterocycles. The highest BCUT2D eigenvalue weighted by Gasteiger charge is 2.03. The zero-order chi connectivity index (χ0) is 11.1. The van der Waals surface area contributed by atoms with Crippen LogP contribution in [-0.2, 0) is 0 Å². The molecule has 15 heavy (non-hydrogen) atoms. The van der Waals surface area contributed by atoms with Crippen LogP contribution in [0, 0.1) is 11.6 Å². The Bertz CT molecular complexity index is 339. The van der Waals surface area contributed by atoms with Crippen molar-refractivity contribution in [3.05, 3.63) is 42.0 Å². The van der Waals surface area contributed by atoms with Gasteiger partial charge in [-0.15, -0.1) is 0 Å². The molecule has 0 atom stereocenters. The van der Waals surface area contributed by atoms with E-state index in [0.29, 0.717) is 0 Å². The quantitative estimate of drug-likeness (QED) is 0.756. The molecular formula is C11H13F2NO. The molecule has 0 unspecified atom stereocenters. The van der Waals surface area contributed by atoms with E-state index in [1.165, 1.54) is 0 Å². The molecule has 0 heterocycles. The van der Waals surface area contributed by atoms with Crippen LogP contribution in [0.5, 0.6) is 5.75 Å². The van der Waals surface area contributed by atoms with Gasteiger partial charge in [-0.05, 0) is 19.2 Å². The van der Waals surface area contributed by atoms with E-state index < -0.39 is 11.6 Å². The number of ether oxygens (including phenoxy) is 1. The van der Waals surface area contributed by atoms with Gasteiger partial charge in [0.05, 0.1) is 0 Å². The third kappa shape index (κ3) is 4.08. The molecule has 82 valence electrons. The molecule has 0 aliphatic heterocycles. The number of benzene rings is 1. The second kappa shape index (κ2) is 6.14. The van der Waals surface area contributed by atoms with Crippen LogP contribution in [-0.4, -0.2) is 20.2 Å². The van der Waals surface area contributed by atoms with E-state index in [0.717, 1.165) is 24.7 Å². The van der Waals surface area contributed by atoms with Crippen LogP contribution in [0.25, 0.3) is 0 Å². The van der Waals surface area contributed by atoms with Gasteiger partial charge in [0.25, 0.3) is 0 Å². The van der Waals surface area contributed by atoms with E-state index in [1.54, 1.807) is 6.08 Å². The van der Waals surface area contributed by atoms with Gasteiger partial charge in [0.2, 0.25) is 0 Å². The van der Waals surface area contributed by atoms with E-state index in [9.17, 15) is 8.78 Å². The number of hydrogen-bond donors (Lipinski definition) is 1. The van der Waals surface area contributed by atoms with Crippen LogP contribution in [0.1, 0.15) is 0 Å². The molecule has 0 fully saturated rings. The molecule has 0 radical (unpaired) electrons. The van der Waals surface area contributed by atoms with Gasteiger partial charge in [-0.25, -0.2) is 8.78 Å². The Hall–Kier alpha value is -1.42. The molecule has 0 spiro atoms.